The predicted molar refractivity (Wildman–Crippen MR) is 92.2 cm³/mol. The van der Waals surface area contributed by atoms with Gasteiger partial charge in [0, 0.05) is 0 Å². The van der Waals surface area contributed by atoms with Crippen LogP contribution in [0.1, 0.15) is 53.9 Å². The summed E-state index contributed by atoms with van der Waals surface area (Å²) in [7, 11) is 0. The van der Waals surface area contributed by atoms with E-state index in [0.717, 1.165) is 11.9 Å². The fraction of sp³-hybridized carbons (Fsp3) is 0.450. The fourth-order valence-corrected chi connectivity index (χ4v) is 2.80. The van der Waals surface area contributed by atoms with Crippen molar-refractivity contribution in [2.75, 3.05) is 0 Å². The van der Waals surface area contributed by atoms with Gasteiger partial charge in [-0.3, -0.25) is 4.79 Å². The number of hydrogen-bond acceptors (Lipinski definition) is 1. The monoisotopic (exact) mass is 286 g/mol. The standard InChI is InChI=1S/C20H28O/c1-16(8-6-9-17(2)13-15-21)11-12-19-18(3)10-7-14-20(19,4)5/h6,8-9,11-13,15H,7,10,14H2,1-5H3/b9-6+,12-11+,16-8+,17-13+/i3+1,11+1. The Labute approximate surface area is 129 Å². The Morgan fingerprint density at radius 2 is 1.76 bits per heavy atom. The van der Waals surface area contributed by atoms with E-state index in [2.05, 4.69) is 45.9 Å². The lowest BCUT2D eigenvalue weighted by molar-refractivity contribution is -0.104. The highest BCUT2D eigenvalue weighted by Crippen LogP contribution is 2.40. The lowest BCUT2D eigenvalue weighted by Gasteiger charge is -2.32. The van der Waals surface area contributed by atoms with Crippen LogP contribution >= 0.6 is 0 Å². The van der Waals surface area contributed by atoms with Gasteiger partial charge in [0.1, 0.15) is 6.29 Å². The number of allylic oxidation sites excluding steroid dienone is 10. The second kappa shape index (κ2) is 7.97. The maximum Gasteiger partial charge on any atom is 0.143 e. The average Bonchev–Trinajstić information content (AvgIpc) is 2.37. The molecule has 0 spiro atoms. The van der Waals surface area contributed by atoms with E-state index >= 15 is 0 Å². The van der Waals surface area contributed by atoms with Crippen molar-refractivity contribution in [2.24, 2.45) is 5.41 Å². The molecule has 1 heteroatoms. The van der Waals surface area contributed by atoms with Crippen LogP contribution < -0.4 is 0 Å². The smallest absolute Gasteiger partial charge is 0.143 e. The van der Waals surface area contributed by atoms with Crippen molar-refractivity contribution >= 4 is 6.29 Å². The van der Waals surface area contributed by atoms with Crippen molar-refractivity contribution in [1.29, 1.82) is 0 Å². The third kappa shape index (κ3) is 5.71. The highest BCUT2D eigenvalue weighted by Gasteiger charge is 2.26. The molecular weight excluding hydrogens is 258 g/mol. The minimum absolute atomic E-state index is 0.290. The van der Waals surface area contributed by atoms with Crippen molar-refractivity contribution in [3.8, 4) is 0 Å². The van der Waals surface area contributed by atoms with Gasteiger partial charge in [-0.25, -0.2) is 0 Å². The number of aldehydes is 1. The van der Waals surface area contributed by atoms with Gasteiger partial charge >= 0.3 is 0 Å². The molecule has 0 saturated heterocycles. The molecule has 0 aromatic heterocycles. The lowest BCUT2D eigenvalue weighted by Crippen LogP contribution is -2.19. The van der Waals surface area contributed by atoms with Gasteiger partial charge in [-0.1, -0.05) is 55.4 Å². The summed E-state index contributed by atoms with van der Waals surface area (Å²) in [6.07, 6.45) is 16.6. The van der Waals surface area contributed by atoms with Gasteiger partial charge in [0.2, 0.25) is 0 Å². The highest BCUT2D eigenvalue weighted by molar-refractivity contribution is 5.66. The largest absolute Gasteiger partial charge is 0.299 e. The summed E-state index contributed by atoms with van der Waals surface area (Å²) in [6.45, 7) is 10.9. The quantitative estimate of drug-likeness (QED) is 0.273. The third-order valence-corrected chi connectivity index (χ3v) is 4.10. The molecule has 0 aliphatic heterocycles. The Morgan fingerprint density at radius 3 is 2.38 bits per heavy atom. The summed E-state index contributed by atoms with van der Waals surface area (Å²) in [6, 6.07) is 0. The third-order valence-electron chi connectivity index (χ3n) is 4.10. The van der Waals surface area contributed by atoms with E-state index in [1.54, 1.807) is 6.08 Å². The molecule has 0 radical (unpaired) electrons. The molecule has 114 valence electrons. The van der Waals surface area contributed by atoms with Crippen LogP contribution in [0.2, 0.25) is 0 Å². The van der Waals surface area contributed by atoms with Crippen molar-refractivity contribution in [1.82, 2.24) is 0 Å². The molecule has 21 heavy (non-hydrogen) atoms. The first-order valence-corrected chi connectivity index (χ1v) is 7.72. The number of hydrogen-bond donors (Lipinski definition) is 0. The summed E-state index contributed by atoms with van der Waals surface area (Å²) in [4.78, 5) is 10.3. The second-order valence-electron chi connectivity index (χ2n) is 6.58. The van der Waals surface area contributed by atoms with Crippen LogP contribution in [0.25, 0.3) is 0 Å². The number of carbonyl (C=O) groups is 1. The molecule has 0 saturated carbocycles. The van der Waals surface area contributed by atoms with Gasteiger partial charge in [0.05, 0.1) is 0 Å². The van der Waals surface area contributed by atoms with Crippen molar-refractivity contribution < 1.29 is 4.79 Å². The molecule has 1 nitrogen and oxygen atoms in total. The van der Waals surface area contributed by atoms with E-state index in [1.807, 2.05) is 19.1 Å². The normalized spacial score (nSPS) is 20.6. The van der Waals surface area contributed by atoms with E-state index < -0.39 is 0 Å². The second-order valence-corrected chi connectivity index (χ2v) is 6.58. The molecule has 0 heterocycles. The van der Waals surface area contributed by atoms with E-state index in [1.165, 1.54) is 36.0 Å². The maximum absolute atomic E-state index is 10.3. The van der Waals surface area contributed by atoms with Crippen molar-refractivity contribution in [3.63, 3.8) is 0 Å². The van der Waals surface area contributed by atoms with Crippen molar-refractivity contribution in [3.05, 3.63) is 58.7 Å². The van der Waals surface area contributed by atoms with Crippen LogP contribution in [0.5, 0.6) is 0 Å². The maximum atomic E-state index is 10.3. The van der Waals surface area contributed by atoms with Crippen LogP contribution in [-0.2, 0) is 4.79 Å². The minimum atomic E-state index is 0.290. The van der Waals surface area contributed by atoms with Crippen LogP contribution in [-0.4, -0.2) is 6.29 Å². The molecule has 0 amide bonds. The lowest BCUT2D eigenvalue weighted by atomic mass is 9.74. The Kier molecular flexibility index (Phi) is 6.61. The molecule has 0 atom stereocenters. The van der Waals surface area contributed by atoms with Crippen molar-refractivity contribution in [2.45, 2.75) is 53.9 Å². The zero-order valence-electron chi connectivity index (χ0n) is 14.1. The Bertz CT molecular complexity index is 522. The van der Waals surface area contributed by atoms with Gasteiger partial charge in [0.15, 0.2) is 0 Å². The first-order valence-electron chi connectivity index (χ1n) is 7.72. The summed E-state index contributed by atoms with van der Waals surface area (Å²) in [5, 5.41) is 0. The first kappa shape index (κ1) is 17.4. The molecule has 1 aliphatic rings. The number of rotatable bonds is 5. The predicted octanol–water partition coefficient (Wildman–Crippen LogP) is 5.72. The Balaban J connectivity index is 2.80. The fourth-order valence-electron chi connectivity index (χ4n) is 2.80. The van der Waals surface area contributed by atoms with E-state index in [-0.39, 0.29) is 5.41 Å². The summed E-state index contributed by atoms with van der Waals surface area (Å²) in [5.74, 6) is 0. The topological polar surface area (TPSA) is 17.1 Å². The number of carbonyl (C=O) groups excluding carboxylic acids is 1. The van der Waals surface area contributed by atoms with Gasteiger partial charge < -0.3 is 0 Å². The molecule has 1 aliphatic carbocycles. The zero-order valence-corrected chi connectivity index (χ0v) is 14.1. The van der Waals surface area contributed by atoms with E-state index in [4.69, 9.17) is 0 Å². The van der Waals surface area contributed by atoms with Gasteiger partial charge in [-0.15, -0.1) is 0 Å². The van der Waals surface area contributed by atoms with Crippen LogP contribution in [0, 0.1) is 5.41 Å². The van der Waals surface area contributed by atoms with Crippen LogP contribution in [0.3, 0.4) is 0 Å². The first-order chi connectivity index (χ1) is 9.86. The molecule has 0 N–H and O–H groups in total. The average molecular weight is 286 g/mol. The minimum Gasteiger partial charge on any atom is -0.299 e. The molecule has 0 aromatic carbocycles. The van der Waals surface area contributed by atoms with Gasteiger partial charge in [-0.2, -0.15) is 0 Å². The Morgan fingerprint density at radius 1 is 1.10 bits per heavy atom. The molecule has 0 unspecified atom stereocenters. The highest BCUT2D eigenvalue weighted by atomic mass is 16.1. The SMILES string of the molecule is CC(/C=C/C=C(C)/[13CH]=C/C1=C([13CH3])CCCC1(C)C)=C\C=O. The molecule has 0 aromatic rings. The summed E-state index contributed by atoms with van der Waals surface area (Å²) in [5.41, 5.74) is 5.48. The molecule has 1 rings (SSSR count). The Hall–Kier alpha value is -1.63. The molecule has 0 bridgehead atoms. The molecule has 0 fully saturated rings. The summed E-state index contributed by atoms with van der Waals surface area (Å²) >= 11 is 0. The van der Waals surface area contributed by atoms with Crippen LogP contribution in [0.15, 0.2) is 58.7 Å². The molecular formula is C20H28O. The van der Waals surface area contributed by atoms with E-state index in [9.17, 15) is 4.79 Å². The van der Waals surface area contributed by atoms with Gasteiger partial charge in [-0.05, 0) is 62.7 Å². The van der Waals surface area contributed by atoms with Crippen LogP contribution in [0.4, 0.5) is 0 Å². The van der Waals surface area contributed by atoms with E-state index in [0.29, 0.717) is 0 Å². The zero-order chi connectivity index (χ0) is 15.9. The van der Waals surface area contributed by atoms with Gasteiger partial charge in [0.25, 0.3) is 0 Å². The summed E-state index contributed by atoms with van der Waals surface area (Å²) < 4.78 is 0.